The molecule has 1 fully saturated rings. The predicted octanol–water partition coefficient (Wildman–Crippen LogP) is 6.34. The smallest absolute Gasteiger partial charge is 0.410 e. The van der Waals surface area contributed by atoms with Crippen LogP contribution in [0.15, 0.2) is 53.4 Å². The molecular weight excluding hydrogens is 564 g/mol. The molecule has 1 aromatic carbocycles. The summed E-state index contributed by atoms with van der Waals surface area (Å²) in [5.74, 6) is 0.000802. The largest absolute Gasteiger partial charge is 0.445 e. The van der Waals surface area contributed by atoms with Crippen molar-refractivity contribution >= 4 is 47.3 Å². The number of nitrogens with zero attached hydrogens (tertiary/aromatic N) is 4. The van der Waals surface area contributed by atoms with E-state index in [9.17, 15) is 9.59 Å². The Hall–Kier alpha value is -2.56. The number of ether oxygens (including phenoxy) is 1. The first kappa shape index (κ1) is 28.4. The second kappa shape index (κ2) is 11.7. The summed E-state index contributed by atoms with van der Waals surface area (Å²) < 4.78 is 15.2. The predicted molar refractivity (Wildman–Crippen MR) is 153 cm³/mol. The molecule has 1 amide bonds. The first-order chi connectivity index (χ1) is 17.9. The van der Waals surface area contributed by atoms with E-state index >= 15 is 0 Å². The molecule has 204 valence electrons. The summed E-state index contributed by atoms with van der Waals surface area (Å²) in [6, 6.07) is 11.1. The Labute approximate surface area is 234 Å². The Balaban J connectivity index is 1.54. The average Bonchev–Trinajstić information content (AvgIpc) is 3.24. The zero-order valence-electron chi connectivity index (χ0n) is 22.8. The molecule has 3 aromatic rings. The monoisotopic (exact) mass is 600 g/mol. The van der Waals surface area contributed by atoms with Crippen molar-refractivity contribution in [3.8, 4) is 0 Å². The summed E-state index contributed by atoms with van der Waals surface area (Å²) in [4.78, 5) is 37.1. The van der Waals surface area contributed by atoms with Crippen LogP contribution in [0.2, 0.25) is 18.1 Å². The van der Waals surface area contributed by atoms with E-state index in [4.69, 9.17) is 9.16 Å². The van der Waals surface area contributed by atoms with E-state index in [1.165, 1.54) is 0 Å². The molecule has 2 atom stereocenters. The van der Waals surface area contributed by atoms with Crippen molar-refractivity contribution in [2.45, 2.75) is 83.5 Å². The number of pyridine rings is 1. The number of hydrogen-bond donors (Lipinski definition) is 0. The fraction of sp³-hybridized carbons (Fsp3) is 0.500. The maximum absolute atomic E-state index is 13.5. The molecule has 38 heavy (non-hydrogen) atoms. The van der Waals surface area contributed by atoms with Crippen LogP contribution >= 0.6 is 15.9 Å². The first-order valence-corrected chi connectivity index (χ1v) is 16.8. The highest BCUT2D eigenvalue weighted by molar-refractivity contribution is 9.10. The number of Topliss-reactive ketones (excluding diaryl/α,β-unsaturated/α-hetero) is 1. The number of carbonyl (C=O) groups excluding carboxylic acids is 2. The normalized spacial score (nSPS) is 18.5. The van der Waals surface area contributed by atoms with Crippen LogP contribution in [0.1, 0.15) is 45.6 Å². The molecule has 10 heteroatoms. The fourth-order valence-electron chi connectivity index (χ4n) is 4.52. The van der Waals surface area contributed by atoms with Crippen LogP contribution < -0.4 is 0 Å². The number of amides is 1. The zero-order valence-corrected chi connectivity index (χ0v) is 25.4. The van der Waals surface area contributed by atoms with Crippen LogP contribution in [0, 0.1) is 0 Å². The molecule has 0 bridgehead atoms. The van der Waals surface area contributed by atoms with Crippen LogP contribution in [-0.2, 0) is 27.1 Å². The molecule has 4 rings (SSSR count). The summed E-state index contributed by atoms with van der Waals surface area (Å²) in [5, 5.41) is 0.00770. The average molecular weight is 602 g/mol. The minimum atomic E-state index is -2.15. The Morgan fingerprint density at radius 3 is 2.61 bits per heavy atom. The molecule has 1 aliphatic heterocycles. The molecule has 1 saturated heterocycles. The number of ketones is 1. The summed E-state index contributed by atoms with van der Waals surface area (Å²) in [7, 11) is -2.15. The van der Waals surface area contributed by atoms with Crippen molar-refractivity contribution < 1.29 is 18.8 Å². The third-order valence-corrected chi connectivity index (χ3v) is 12.6. The third kappa shape index (κ3) is 6.70. The van der Waals surface area contributed by atoms with Gasteiger partial charge in [-0.3, -0.25) is 4.79 Å². The van der Waals surface area contributed by atoms with Gasteiger partial charge in [-0.15, -0.1) is 0 Å². The molecule has 1 aliphatic rings. The Bertz CT molecular complexity index is 1270. The number of imidazole rings is 1. The van der Waals surface area contributed by atoms with E-state index in [-0.39, 0.29) is 36.5 Å². The zero-order chi connectivity index (χ0) is 27.5. The molecule has 2 aromatic heterocycles. The van der Waals surface area contributed by atoms with Gasteiger partial charge in [0.25, 0.3) is 0 Å². The number of aromatic nitrogens is 3. The second-order valence-electron chi connectivity index (χ2n) is 11.5. The highest BCUT2D eigenvalue weighted by Crippen LogP contribution is 2.39. The van der Waals surface area contributed by atoms with E-state index in [2.05, 4.69) is 59.8 Å². The van der Waals surface area contributed by atoms with Crippen molar-refractivity contribution in [2.24, 2.45) is 0 Å². The lowest BCUT2D eigenvalue weighted by Crippen LogP contribution is -2.56. The number of fused-ring (bicyclic) bond motifs is 1. The maximum Gasteiger partial charge on any atom is 0.410 e. The van der Waals surface area contributed by atoms with Gasteiger partial charge in [0.05, 0.1) is 30.5 Å². The highest BCUT2D eigenvalue weighted by Gasteiger charge is 2.44. The molecule has 0 unspecified atom stereocenters. The molecule has 8 nitrogen and oxygen atoms in total. The molecule has 0 saturated carbocycles. The van der Waals surface area contributed by atoms with Crippen molar-refractivity contribution in [3.05, 3.63) is 59.0 Å². The van der Waals surface area contributed by atoms with Crippen molar-refractivity contribution in [1.82, 2.24) is 19.4 Å². The molecule has 3 heterocycles. The van der Waals surface area contributed by atoms with Gasteiger partial charge in [0.2, 0.25) is 0 Å². The van der Waals surface area contributed by atoms with Gasteiger partial charge < -0.3 is 18.6 Å². The van der Waals surface area contributed by atoms with Gasteiger partial charge in [0, 0.05) is 23.6 Å². The number of benzene rings is 1. The number of hydrogen-bond acceptors (Lipinski definition) is 6. The lowest BCUT2D eigenvalue weighted by molar-refractivity contribution is -0.122. The number of piperidine rings is 1. The minimum absolute atomic E-state index is 0.000802. The third-order valence-electron chi connectivity index (χ3n) is 7.64. The van der Waals surface area contributed by atoms with Gasteiger partial charge in [-0.05, 0) is 58.5 Å². The van der Waals surface area contributed by atoms with Gasteiger partial charge in [0.15, 0.2) is 19.7 Å². The van der Waals surface area contributed by atoms with Crippen LogP contribution in [-0.4, -0.2) is 58.3 Å². The standard InChI is InChI=1S/C28H37BrN4O4Si/c1-28(2,3)38(4,5)37-25-12-9-13-33(27(35)36-18-20-10-7-6-8-11-20)23(25)15-22(34)17-32-19-31-26-24(32)14-21(29)16-30-26/h6-8,10-11,14,16,19,23,25H,9,12-13,15,17-18H2,1-5H3/t23-,25+/m1/s1. The lowest BCUT2D eigenvalue weighted by atomic mass is 9.95. The Kier molecular flexibility index (Phi) is 8.74. The van der Waals surface area contributed by atoms with E-state index in [0.29, 0.717) is 12.2 Å². The van der Waals surface area contributed by atoms with Crippen LogP contribution in [0.3, 0.4) is 0 Å². The lowest BCUT2D eigenvalue weighted by Gasteiger charge is -2.46. The quantitative estimate of drug-likeness (QED) is 0.280. The molecular formula is C28H37BrN4O4Si. The maximum atomic E-state index is 13.5. The topological polar surface area (TPSA) is 86.5 Å². The van der Waals surface area contributed by atoms with Gasteiger partial charge in [0.1, 0.15) is 6.61 Å². The van der Waals surface area contributed by atoms with Crippen molar-refractivity contribution in [3.63, 3.8) is 0 Å². The molecule has 0 spiro atoms. The van der Waals surface area contributed by atoms with E-state index in [0.717, 1.165) is 28.4 Å². The number of rotatable bonds is 8. The van der Waals surface area contributed by atoms with Crippen LogP contribution in [0.4, 0.5) is 4.79 Å². The summed E-state index contributed by atoms with van der Waals surface area (Å²) in [6.07, 6.45) is 4.48. The second-order valence-corrected chi connectivity index (χ2v) is 17.1. The fourth-order valence-corrected chi connectivity index (χ4v) is 6.22. The number of halogens is 1. The van der Waals surface area contributed by atoms with Gasteiger partial charge in [-0.1, -0.05) is 51.1 Å². The summed E-state index contributed by atoms with van der Waals surface area (Å²) in [6.45, 7) is 11.9. The molecule has 0 aliphatic carbocycles. The molecule has 0 N–H and O–H groups in total. The van der Waals surface area contributed by atoms with E-state index in [1.54, 1.807) is 22.0 Å². The van der Waals surface area contributed by atoms with E-state index < -0.39 is 20.5 Å². The van der Waals surface area contributed by atoms with Crippen LogP contribution in [0.25, 0.3) is 11.2 Å². The highest BCUT2D eigenvalue weighted by atomic mass is 79.9. The van der Waals surface area contributed by atoms with E-state index in [1.807, 2.05) is 36.4 Å². The summed E-state index contributed by atoms with van der Waals surface area (Å²) in [5.41, 5.74) is 2.29. The Morgan fingerprint density at radius 1 is 1.16 bits per heavy atom. The summed E-state index contributed by atoms with van der Waals surface area (Å²) >= 11 is 3.44. The number of likely N-dealkylation sites (tertiary alicyclic amines) is 1. The van der Waals surface area contributed by atoms with Crippen molar-refractivity contribution in [1.29, 1.82) is 0 Å². The molecule has 0 radical (unpaired) electrons. The van der Waals surface area contributed by atoms with Crippen molar-refractivity contribution in [2.75, 3.05) is 6.54 Å². The SMILES string of the molecule is CC(C)(C)[Si](C)(C)O[C@H]1CCCN(C(=O)OCc2ccccc2)[C@@H]1CC(=O)Cn1cnc2ncc(Br)cc21. The van der Waals surface area contributed by atoms with Crippen LogP contribution in [0.5, 0.6) is 0 Å². The minimum Gasteiger partial charge on any atom is -0.445 e. The first-order valence-electron chi connectivity index (χ1n) is 13.1. The van der Waals surface area contributed by atoms with Gasteiger partial charge in [-0.25, -0.2) is 14.8 Å². The number of carbonyl (C=O) groups is 2. The van der Waals surface area contributed by atoms with Gasteiger partial charge in [-0.2, -0.15) is 0 Å². The Morgan fingerprint density at radius 2 is 1.89 bits per heavy atom. The van der Waals surface area contributed by atoms with Gasteiger partial charge >= 0.3 is 6.09 Å².